The third kappa shape index (κ3) is 11.2. The fourth-order valence-electron chi connectivity index (χ4n) is 5.62. The SMILES string of the molecule is C=CCNC(=O)C(=O)C(CCCCC)NC(=O)C1CCCN1C(=O)C(NC(=O)NC(C(=O)c1ccc(N(C)C)cc1)C(C)C)C(C)(C)C. The summed E-state index contributed by atoms with van der Waals surface area (Å²) in [4.78, 5) is 83.2. The van der Waals surface area contributed by atoms with Crippen LogP contribution in [0.2, 0.25) is 0 Å². The lowest BCUT2D eigenvalue weighted by Gasteiger charge is -2.36. The zero-order valence-corrected chi connectivity index (χ0v) is 30.0. The van der Waals surface area contributed by atoms with Crippen LogP contribution in [-0.4, -0.2) is 91.6 Å². The lowest BCUT2D eigenvalue weighted by atomic mass is 9.85. The Morgan fingerprint density at radius 3 is 2.19 bits per heavy atom. The van der Waals surface area contributed by atoms with E-state index in [2.05, 4.69) is 27.8 Å². The number of likely N-dealkylation sites (tertiary alicyclic amines) is 1. The summed E-state index contributed by atoms with van der Waals surface area (Å²) in [6.45, 7) is 15.1. The van der Waals surface area contributed by atoms with Crippen molar-refractivity contribution in [1.29, 1.82) is 0 Å². The van der Waals surface area contributed by atoms with Crippen molar-refractivity contribution >= 4 is 41.0 Å². The number of benzene rings is 1. The molecule has 1 fully saturated rings. The number of carbonyl (C=O) groups excluding carboxylic acids is 6. The quantitative estimate of drug-likeness (QED) is 0.0855. The lowest BCUT2D eigenvalue weighted by molar-refractivity contribution is -0.143. The fraction of sp³-hybridized carbons (Fsp3) is 0.611. The maximum atomic E-state index is 14.1. The number of urea groups is 1. The molecule has 0 radical (unpaired) electrons. The molecule has 266 valence electrons. The summed E-state index contributed by atoms with van der Waals surface area (Å²) in [5.41, 5.74) is 0.643. The zero-order valence-electron chi connectivity index (χ0n) is 30.0. The first-order valence-electron chi connectivity index (χ1n) is 17.0. The van der Waals surface area contributed by atoms with E-state index in [1.54, 1.807) is 12.1 Å². The van der Waals surface area contributed by atoms with Crippen molar-refractivity contribution in [2.45, 2.75) is 104 Å². The van der Waals surface area contributed by atoms with Crippen LogP contribution in [0.1, 0.15) is 90.4 Å². The summed E-state index contributed by atoms with van der Waals surface area (Å²) in [5.74, 6) is -3.00. The van der Waals surface area contributed by atoms with Gasteiger partial charge in [0, 0.05) is 38.4 Å². The molecule has 0 aliphatic carbocycles. The van der Waals surface area contributed by atoms with E-state index in [-0.39, 0.29) is 24.8 Å². The molecular formula is C36H56N6O6. The highest BCUT2D eigenvalue weighted by Gasteiger charge is 2.43. The summed E-state index contributed by atoms with van der Waals surface area (Å²) in [6, 6.07) is 2.67. The summed E-state index contributed by atoms with van der Waals surface area (Å²) < 4.78 is 0. The van der Waals surface area contributed by atoms with Crippen molar-refractivity contribution in [3.05, 3.63) is 42.5 Å². The van der Waals surface area contributed by atoms with Crippen LogP contribution in [0.5, 0.6) is 0 Å². The van der Waals surface area contributed by atoms with E-state index < -0.39 is 59.1 Å². The fourth-order valence-corrected chi connectivity index (χ4v) is 5.62. The largest absolute Gasteiger partial charge is 0.378 e. The molecule has 5 amide bonds. The second-order valence-corrected chi connectivity index (χ2v) is 14.1. The van der Waals surface area contributed by atoms with Crippen LogP contribution in [0, 0.1) is 11.3 Å². The van der Waals surface area contributed by atoms with E-state index in [9.17, 15) is 28.8 Å². The van der Waals surface area contributed by atoms with E-state index in [0.717, 1.165) is 18.5 Å². The number of hydrogen-bond donors (Lipinski definition) is 4. The molecular weight excluding hydrogens is 612 g/mol. The molecule has 1 saturated heterocycles. The molecule has 4 atom stereocenters. The van der Waals surface area contributed by atoms with Crippen molar-refractivity contribution in [2.24, 2.45) is 11.3 Å². The Balaban J connectivity index is 2.22. The van der Waals surface area contributed by atoms with E-state index >= 15 is 0 Å². The minimum atomic E-state index is -1.03. The number of hydrogen-bond acceptors (Lipinski definition) is 7. The maximum Gasteiger partial charge on any atom is 0.316 e. The average Bonchev–Trinajstić information content (AvgIpc) is 3.53. The second kappa shape index (κ2) is 18.4. The highest BCUT2D eigenvalue weighted by Crippen LogP contribution is 2.26. The van der Waals surface area contributed by atoms with E-state index in [1.165, 1.54) is 11.0 Å². The van der Waals surface area contributed by atoms with Gasteiger partial charge in [0.05, 0.1) is 12.1 Å². The zero-order chi connectivity index (χ0) is 36.2. The molecule has 4 unspecified atom stereocenters. The summed E-state index contributed by atoms with van der Waals surface area (Å²) in [6.07, 6.45) is 5.04. The minimum absolute atomic E-state index is 0.121. The van der Waals surface area contributed by atoms with Crippen LogP contribution >= 0.6 is 0 Å². The van der Waals surface area contributed by atoms with Crippen molar-refractivity contribution in [3.63, 3.8) is 0 Å². The number of carbonyl (C=O) groups is 6. The summed E-state index contributed by atoms with van der Waals surface area (Å²) in [5, 5.41) is 10.8. The summed E-state index contributed by atoms with van der Waals surface area (Å²) in [7, 11) is 3.81. The average molecular weight is 669 g/mol. The van der Waals surface area contributed by atoms with Crippen molar-refractivity contribution < 1.29 is 28.8 Å². The minimum Gasteiger partial charge on any atom is -0.378 e. The van der Waals surface area contributed by atoms with Crippen molar-refractivity contribution in [3.8, 4) is 0 Å². The van der Waals surface area contributed by atoms with Gasteiger partial charge in [-0.15, -0.1) is 6.58 Å². The standard InChI is InChI=1S/C36H56N6O6/c1-10-12-13-15-26(30(44)33(46)37-21-11-2)38-32(45)27-16-14-22-42(27)34(47)31(36(5,6)7)40-35(48)39-28(23(3)4)29(43)24-17-19-25(20-18-24)41(8)9/h11,17-20,23,26-28,31H,2,10,12-16,21-22H2,1,3-9H3,(H,37,46)(H,38,45)(H2,39,40,48). The van der Waals surface area contributed by atoms with Gasteiger partial charge in [0.1, 0.15) is 12.1 Å². The first kappa shape index (κ1) is 40.0. The molecule has 48 heavy (non-hydrogen) atoms. The molecule has 1 heterocycles. The van der Waals surface area contributed by atoms with Gasteiger partial charge >= 0.3 is 6.03 Å². The number of rotatable bonds is 17. The molecule has 12 heteroatoms. The van der Waals surface area contributed by atoms with Gasteiger partial charge in [0.15, 0.2) is 5.78 Å². The second-order valence-electron chi connectivity index (χ2n) is 14.1. The highest BCUT2D eigenvalue weighted by atomic mass is 16.2. The Labute approximate surface area is 285 Å². The number of amides is 5. The lowest BCUT2D eigenvalue weighted by Crippen LogP contribution is -2.61. The Kier molecular flexibility index (Phi) is 15.3. The van der Waals surface area contributed by atoms with Crippen LogP contribution in [0.15, 0.2) is 36.9 Å². The summed E-state index contributed by atoms with van der Waals surface area (Å²) >= 11 is 0. The molecule has 0 bridgehead atoms. The van der Waals surface area contributed by atoms with E-state index in [4.69, 9.17) is 0 Å². The topological polar surface area (TPSA) is 157 Å². The van der Waals surface area contributed by atoms with Gasteiger partial charge in [-0.2, -0.15) is 0 Å². The number of anilines is 1. The molecule has 1 aliphatic rings. The van der Waals surface area contributed by atoms with Gasteiger partial charge in [-0.3, -0.25) is 24.0 Å². The normalized spacial score (nSPS) is 16.4. The Hall–Kier alpha value is -4.22. The molecule has 0 spiro atoms. The van der Waals surface area contributed by atoms with Crippen LogP contribution in [0.4, 0.5) is 10.5 Å². The van der Waals surface area contributed by atoms with Crippen LogP contribution in [0.25, 0.3) is 0 Å². The van der Waals surface area contributed by atoms with E-state index in [1.807, 2.05) is 72.7 Å². The van der Waals surface area contributed by atoms with Crippen molar-refractivity contribution in [1.82, 2.24) is 26.2 Å². The third-order valence-electron chi connectivity index (χ3n) is 8.49. The first-order chi connectivity index (χ1) is 22.5. The smallest absolute Gasteiger partial charge is 0.316 e. The molecule has 0 saturated carbocycles. The van der Waals surface area contributed by atoms with Crippen LogP contribution in [0.3, 0.4) is 0 Å². The number of unbranched alkanes of at least 4 members (excludes halogenated alkanes) is 2. The van der Waals surface area contributed by atoms with Crippen LogP contribution < -0.4 is 26.2 Å². The van der Waals surface area contributed by atoms with Gasteiger partial charge in [-0.05, 0) is 54.9 Å². The van der Waals surface area contributed by atoms with Crippen molar-refractivity contribution in [2.75, 3.05) is 32.1 Å². The number of ketones is 2. The monoisotopic (exact) mass is 668 g/mol. The van der Waals surface area contributed by atoms with Gasteiger partial charge in [0.2, 0.25) is 17.6 Å². The molecule has 12 nitrogen and oxygen atoms in total. The molecule has 1 aromatic carbocycles. The van der Waals surface area contributed by atoms with Gasteiger partial charge in [0.25, 0.3) is 5.91 Å². The first-order valence-corrected chi connectivity index (χ1v) is 17.0. The molecule has 1 aromatic rings. The molecule has 4 N–H and O–H groups in total. The Morgan fingerprint density at radius 2 is 1.65 bits per heavy atom. The Morgan fingerprint density at radius 1 is 1.00 bits per heavy atom. The molecule has 2 rings (SSSR count). The van der Waals surface area contributed by atoms with Gasteiger partial charge < -0.3 is 31.1 Å². The highest BCUT2D eigenvalue weighted by molar-refractivity contribution is 6.38. The number of Topliss-reactive ketones (excluding diaryl/α,β-unsaturated/α-hetero) is 2. The predicted octanol–water partition coefficient (Wildman–Crippen LogP) is 3.60. The maximum absolute atomic E-state index is 14.1. The molecule has 0 aromatic heterocycles. The van der Waals surface area contributed by atoms with Crippen LogP contribution in [-0.2, 0) is 19.2 Å². The Bertz CT molecular complexity index is 1300. The van der Waals surface area contributed by atoms with E-state index in [0.29, 0.717) is 31.2 Å². The predicted molar refractivity (Wildman–Crippen MR) is 188 cm³/mol. The number of nitrogens with one attached hydrogen (secondary N) is 4. The molecule has 1 aliphatic heterocycles. The van der Waals surface area contributed by atoms with Gasteiger partial charge in [-0.25, -0.2) is 4.79 Å². The third-order valence-corrected chi connectivity index (χ3v) is 8.49. The van der Waals surface area contributed by atoms with Gasteiger partial charge in [-0.1, -0.05) is 66.9 Å². The number of nitrogens with zero attached hydrogens (tertiary/aromatic N) is 2.